The second kappa shape index (κ2) is 6.99. The van der Waals surface area contributed by atoms with Crippen LogP contribution in [-0.4, -0.2) is 46.9 Å². The topological polar surface area (TPSA) is 96.7 Å². The van der Waals surface area contributed by atoms with E-state index in [1.54, 1.807) is 23.2 Å². The van der Waals surface area contributed by atoms with Crippen molar-refractivity contribution in [1.82, 2.24) is 24.2 Å². The van der Waals surface area contributed by atoms with Crippen molar-refractivity contribution >= 4 is 21.6 Å². The first kappa shape index (κ1) is 18.6. The van der Waals surface area contributed by atoms with Crippen molar-refractivity contribution in [1.29, 1.82) is 0 Å². The van der Waals surface area contributed by atoms with Crippen LogP contribution < -0.4 is 4.72 Å². The number of hydrogen-bond donors (Lipinski definition) is 1. The van der Waals surface area contributed by atoms with Gasteiger partial charge in [0.05, 0.1) is 22.8 Å². The Morgan fingerprint density at radius 2 is 2.07 bits per heavy atom. The highest BCUT2D eigenvalue weighted by atomic mass is 32.2. The lowest BCUT2D eigenvalue weighted by Crippen LogP contribution is -2.43. The van der Waals surface area contributed by atoms with Crippen LogP contribution in [0.3, 0.4) is 0 Å². The van der Waals surface area contributed by atoms with Crippen LogP contribution in [0.25, 0.3) is 5.65 Å². The molecule has 0 unspecified atom stereocenters. The summed E-state index contributed by atoms with van der Waals surface area (Å²) in [7, 11) is -3.73. The summed E-state index contributed by atoms with van der Waals surface area (Å²) in [6, 6.07) is 8.50. The minimum atomic E-state index is -3.73. The number of aromatic nitrogens is 3. The van der Waals surface area contributed by atoms with Crippen molar-refractivity contribution in [3.63, 3.8) is 0 Å². The van der Waals surface area contributed by atoms with Gasteiger partial charge in [-0.05, 0) is 31.5 Å². The third-order valence-corrected chi connectivity index (χ3v) is 6.24. The first-order valence-electron chi connectivity index (χ1n) is 9.01. The van der Waals surface area contributed by atoms with E-state index in [0.717, 1.165) is 28.2 Å². The Labute approximate surface area is 163 Å². The molecule has 0 saturated carbocycles. The second-order valence-electron chi connectivity index (χ2n) is 6.99. The van der Waals surface area contributed by atoms with E-state index in [4.69, 9.17) is 0 Å². The van der Waals surface area contributed by atoms with Crippen LogP contribution in [0.15, 0.2) is 41.4 Å². The Morgan fingerprint density at radius 3 is 2.86 bits per heavy atom. The molecule has 1 aliphatic heterocycles. The van der Waals surface area contributed by atoms with Gasteiger partial charge in [0.2, 0.25) is 15.9 Å². The Bertz CT molecular complexity index is 1170. The highest BCUT2D eigenvalue weighted by molar-refractivity contribution is 7.89. The molecule has 0 atom stereocenters. The number of nitrogens with one attached hydrogen (secondary N) is 1. The SMILES string of the molecule is Cc1cccc(S(=O)(=O)NCC(=O)N2CCc3c(cnc4cc(C)nn34)C2)c1. The molecule has 2 aromatic heterocycles. The van der Waals surface area contributed by atoms with Crippen LogP contribution in [0.1, 0.15) is 22.5 Å². The van der Waals surface area contributed by atoms with Crippen LogP contribution in [0, 0.1) is 13.8 Å². The Balaban J connectivity index is 1.46. The quantitative estimate of drug-likeness (QED) is 0.711. The van der Waals surface area contributed by atoms with E-state index in [0.29, 0.717) is 19.5 Å². The minimum Gasteiger partial charge on any atom is -0.337 e. The zero-order valence-corrected chi connectivity index (χ0v) is 16.5. The lowest BCUT2D eigenvalue weighted by molar-refractivity contribution is -0.130. The molecule has 1 N–H and O–H groups in total. The standard InChI is InChI=1S/C19H21N5O3S/c1-13-4-3-5-16(8-13)28(26,27)21-11-19(25)23-7-6-17-15(12-23)10-20-18-9-14(2)22-24(17)18/h3-5,8-10,21H,6-7,11-12H2,1-2H3. The predicted molar refractivity (Wildman–Crippen MR) is 103 cm³/mol. The molecule has 3 aromatic rings. The molecule has 1 aliphatic rings. The van der Waals surface area contributed by atoms with E-state index in [9.17, 15) is 13.2 Å². The fourth-order valence-electron chi connectivity index (χ4n) is 3.40. The maximum absolute atomic E-state index is 12.6. The summed E-state index contributed by atoms with van der Waals surface area (Å²) in [5.41, 5.74) is 4.50. The van der Waals surface area contributed by atoms with Gasteiger partial charge in [0.1, 0.15) is 0 Å². The van der Waals surface area contributed by atoms with Crippen LogP contribution >= 0.6 is 0 Å². The van der Waals surface area contributed by atoms with E-state index in [-0.39, 0.29) is 17.3 Å². The fourth-order valence-corrected chi connectivity index (χ4v) is 4.48. The number of rotatable bonds is 4. The van der Waals surface area contributed by atoms with Crippen molar-refractivity contribution in [2.45, 2.75) is 31.7 Å². The summed E-state index contributed by atoms with van der Waals surface area (Å²) in [5, 5.41) is 4.46. The molecule has 0 bridgehead atoms. The Hall–Kier alpha value is -2.78. The minimum absolute atomic E-state index is 0.157. The molecule has 0 radical (unpaired) electrons. The molecule has 0 aliphatic carbocycles. The molecule has 3 heterocycles. The zero-order chi connectivity index (χ0) is 19.9. The van der Waals surface area contributed by atoms with E-state index < -0.39 is 10.0 Å². The summed E-state index contributed by atoms with van der Waals surface area (Å²) in [6.07, 6.45) is 2.41. The van der Waals surface area contributed by atoms with E-state index in [1.807, 2.05) is 30.5 Å². The highest BCUT2D eigenvalue weighted by Gasteiger charge is 2.25. The number of nitrogens with zero attached hydrogens (tertiary/aromatic N) is 4. The van der Waals surface area contributed by atoms with Crippen molar-refractivity contribution in [2.75, 3.05) is 13.1 Å². The molecule has 146 valence electrons. The van der Waals surface area contributed by atoms with Crippen molar-refractivity contribution in [2.24, 2.45) is 0 Å². The van der Waals surface area contributed by atoms with Gasteiger partial charge < -0.3 is 4.90 Å². The summed E-state index contributed by atoms with van der Waals surface area (Å²) >= 11 is 0. The first-order chi connectivity index (χ1) is 13.3. The van der Waals surface area contributed by atoms with E-state index in [1.165, 1.54) is 6.07 Å². The van der Waals surface area contributed by atoms with Gasteiger partial charge in [0.25, 0.3) is 0 Å². The van der Waals surface area contributed by atoms with Gasteiger partial charge in [-0.15, -0.1) is 0 Å². The number of amides is 1. The number of aryl methyl sites for hydroxylation is 2. The number of benzene rings is 1. The van der Waals surface area contributed by atoms with Crippen molar-refractivity contribution < 1.29 is 13.2 Å². The largest absolute Gasteiger partial charge is 0.337 e. The third-order valence-electron chi connectivity index (χ3n) is 4.84. The van der Waals surface area contributed by atoms with E-state index in [2.05, 4.69) is 14.8 Å². The first-order valence-corrected chi connectivity index (χ1v) is 10.5. The Morgan fingerprint density at radius 1 is 1.25 bits per heavy atom. The molecule has 0 spiro atoms. The molecular formula is C19H21N5O3S. The molecule has 9 heteroatoms. The molecule has 0 saturated heterocycles. The summed E-state index contributed by atoms with van der Waals surface area (Å²) < 4.78 is 29.1. The predicted octanol–water partition coefficient (Wildman–Crippen LogP) is 1.21. The monoisotopic (exact) mass is 399 g/mol. The maximum Gasteiger partial charge on any atom is 0.241 e. The van der Waals surface area contributed by atoms with Crippen molar-refractivity contribution in [3.05, 3.63) is 59.0 Å². The average Bonchev–Trinajstić information content (AvgIpc) is 3.06. The van der Waals surface area contributed by atoms with Gasteiger partial charge in [-0.1, -0.05) is 12.1 Å². The third kappa shape index (κ3) is 3.50. The fraction of sp³-hybridized carbons (Fsp3) is 0.316. The second-order valence-corrected chi connectivity index (χ2v) is 8.76. The normalized spacial score (nSPS) is 14.3. The smallest absolute Gasteiger partial charge is 0.241 e. The van der Waals surface area contributed by atoms with Gasteiger partial charge >= 0.3 is 0 Å². The highest BCUT2D eigenvalue weighted by Crippen LogP contribution is 2.20. The van der Waals surface area contributed by atoms with Crippen LogP contribution in [0.2, 0.25) is 0 Å². The molecule has 8 nitrogen and oxygen atoms in total. The van der Waals surface area contributed by atoms with E-state index >= 15 is 0 Å². The lowest BCUT2D eigenvalue weighted by atomic mass is 10.1. The van der Waals surface area contributed by atoms with Gasteiger partial charge in [0, 0.05) is 37.3 Å². The van der Waals surface area contributed by atoms with Crippen LogP contribution in [-0.2, 0) is 27.8 Å². The zero-order valence-electron chi connectivity index (χ0n) is 15.7. The number of fused-ring (bicyclic) bond motifs is 3. The molecular weight excluding hydrogens is 378 g/mol. The van der Waals surface area contributed by atoms with Gasteiger partial charge in [-0.25, -0.2) is 22.6 Å². The number of sulfonamides is 1. The number of carbonyl (C=O) groups is 1. The van der Waals surface area contributed by atoms with Gasteiger partial charge in [-0.3, -0.25) is 4.79 Å². The molecule has 0 fully saturated rings. The van der Waals surface area contributed by atoms with Crippen LogP contribution in [0.4, 0.5) is 0 Å². The molecule has 4 rings (SSSR count). The number of hydrogen-bond acceptors (Lipinski definition) is 5. The summed E-state index contributed by atoms with van der Waals surface area (Å²) in [5.74, 6) is -0.265. The average molecular weight is 399 g/mol. The summed E-state index contributed by atoms with van der Waals surface area (Å²) in [4.78, 5) is 18.8. The molecule has 28 heavy (non-hydrogen) atoms. The van der Waals surface area contributed by atoms with Gasteiger partial charge in [-0.2, -0.15) is 5.10 Å². The summed E-state index contributed by atoms with van der Waals surface area (Å²) in [6.45, 7) is 4.36. The molecule has 1 amide bonds. The molecule has 1 aromatic carbocycles. The number of carbonyl (C=O) groups excluding carboxylic acids is 1. The van der Waals surface area contributed by atoms with Gasteiger partial charge in [0.15, 0.2) is 5.65 Å². The Kier molecular flexibility index (Phi) is 4.64. The van der Waals surface area contributed by atoms with Crippen LogP contribution in [0.5, 0.6) is 0 Å². The maximum atomic E-state index is 12.6. The lowest BCUT2D eigenvalue weighted by Gasteiger charge is -2.28. The van der Waals surface area contributed by atoms with Crippen molar-refractivity contribution in [3.8, 4) is 0 Å².